The molecule has 21 heavy (non-hydrogen) atoms. The molecule has 4 nitrogen and oxygen atoms in total. The number of nitrogens with zero attached hydrogens (tertiary/aromatic N) is 1. The summed E-state index contributed by atoms with van der Waals surface area (Å²) in [4.78, 5) is 13.7. The molecule has 0 radical (unpaired) electrons. The third kappa shape index (κ3) is 3.28. The number of amides is 1. The third-order valence-electron chi connectivity index (χ3n) is 4.93. The van der Waals surface area contributed by atoms with Crippen LogP contribution in [0.2, 0.25) is 0 Å². The number of piperidine rings is 1. The van der Waals surface area contributed by atoms with E-state index in [9.17, 15) is 4.79 Å². The van der Waals surface area contributed by atoms with Crippen molar-refractivity contribution in [3.8, 4) is 6.07 Å². The molecule has 1 aromatic rings. The monoisotopic (exact) mass is 304 g/mol. The van der Waals surface area contributed by atoms with Gasteiger partial charge in [0.2, 0.25) is 0 Å². The Morgan fingerprint density at radius 3 is 3.05 bits per heavy atom. The largest absolute Gasteiger partial charge is 0.324 e. The zero-order chi connectivity index (χ0) is 14.7. The summed E-state index contributed by atoms with van der Waals surface area (Å²) in [5.74, 6) is 0.877. The van der Waals surface area contributed by atoms with Crippen molar-refractivity contribution in [2.24, 2.45) is 5.92 Å². The molecule has 5 heteroatoms. The van der Waals surface area contributed by atoms with Gasteiger partial charge in [0.25, 0.3) is 5.91 Å². The van der Waals surface area contributed by atoms with Gasteiger partial charge in [0.1, 0.15) is 11.1 Å². The molecule has 2 heterocycles. The van der Waals surface area contributed by atoms with Crippen molar-refractivity contribution in [1.82, 2.24) is 0 Å². The minimum atomic E-state index is 0.0511. The lowest BCUT2D eigenvalue weighted by Gasteiger charge is -2.40. The van der Waals surface area contributed by atoms with E-state index >= 15 is 0 Å². The molecule has 3 rings (SSSR count). The average Bonchev–Trinajstić information content (AvgIpc) is 2.94. The van der Waals surface area contributed by atoms with Gasteiger partial charge in [-0.25, -0.2) is 0 Å². The molecule has 0 aromatic carbocycles. The Balaban J connectivity index is 1.60. The number of likely N-dealkylation sites (tertiary alicyclic amines) is 1. The smallest absolute Gasteiger partial charge is 0.280 e. The molecule has 0 spiro atoms. The molecule has 2 aliphatic rings. The predicted octanol–water partition coefficient (Wildman–Crippen LogP) is 1.80. The number of carbonyl (C=O) groups excluding carboxylic acids is 1. The van der Waals surface area contributed by atoms with Crippen molar-refractivity contribution in [3.63, 3.8) is 0 Å². The fourth-order valence-electron chi connectivity index (χ4n) is 3.96. The topological polar surface area (TPSA) is 57.3 Å². The van der Waals surface area contributed by atoms with E-state index in [0.29, 0.717) is 23.2 Å². The molecular formula is C16H22N3OS+. The van der Waals surface area contributed by atoms with E-state index < -0.39 is 0 Å². The van der Waals surface area contributed by atoms with Crippen LogP contribution in [-0.2, 0) is 4.79 Å². The van der Waals surface area contributed by atoms with Gasteiger partial charge in [0.05, 0.1) is 18.2 Å². The van der Waals surface area contributed by atoms with E-state index in [1.165, 1.54) is 54.8 Å². The van der Waals surface area contributed by atoms with Crippen LogP contribution in [0.15, 0.2) is 11.4 Å². The first-order valence-electron chi connectivity index (χ1n) is 7.90. The zero-order valence-electron chi connectivity index (χ0n) is 12.2. The number of rotatable bonds is 3. The van der Waals surface area contributed by atoms with Gasteiger partial charge in [-0.3, -0.25) is 4.79 Å². The molecule has 1 saturated heterocycles. The van der Waals surface area contributed by atoms with Gasteiger partial charge in [-0.15, -0.1) is 11.3 Å². The van der Waals surface area contributed by atoms with E-state index in [4.69, 9.17) is 5.26 Å². The Morgan fingerprint density at radius 1 is 1.38 bits per heavy atom. The minimum absolute atomic E-state index is 0.0511. The van der Waals surface area contributed by atoms with Crippen LogP contribution in [0.5, 0.6) is 0 Å². The first-order chi connectivity index (χ1) is 10.3. The summed E-state index contributed by atoms with van der Waals surface area (Å²) >= 11 is 1.42. The Labute approximate surface area is 129 Å². The quantitative estimate of drug-likeness (QED) is 0.894. The number of hydrogen-bond acceptors (Lipinski definition) is 3. The predicted molar refractivity (Wildman–Crippen MR) is 83.3 cm³/mol. The van der Waals surface area contributed by atoms with Crippen molar-refractivity contribution in [1.29, 1.82) is 5.26 Å². The molecule has 3 atom stereocenters. The molecule has 1 unspecified atom stereocenters. The van der Waals surface area contributed by atoms with Crippen LogP contribution in [-0.4, -0.2) is 25.0 Å². The summed E-state index contributed by atoms with van der Waals surface area (Å²) < 4.78 is 0. The van der Waals surface area contributed by atoms with E-state index in [2.05, 4.69) is 11.4 Å². The normalized spacial score (nSPS) is 28.4. The Morgan fingerprint density at radius 2 is 2.19 bits per heavy atom. The first-order valence-corrected chi connectivity index (χ1v) is 8.78. The highest BCUT2D eigenvalue weighted by atomic mass is 32.1. The molecule has 0 bridgehead atoms. The van der Waals surface area contributed by atoms with E-state index in [1.54, 1.807) is 6.07 Å². The lowest BCUT2D eigenvalue weighted by atomic mass is 9.78. The van der Waals surface area contributed by atoms with Gasteiger partial charge >= 0.3 is 0 Å². The van der Waals surface area contributed by atoms with Crippen molar-refractivity contribution in [2.45, 2.75) is 44.6 Å². The maximum absolute atomic E-state index is 12.3. The van der Waals surface area contributed by atoms with Gasteiger partial charge < -0.3 is 10.2 Å². The van der Waals surface area contributed by atoms with Crippen LogP contribution in [0.4, 0.5) is 5.00 Å². The molecule has 2 N–H and O–H groups in total. The van der Waals surface area contributed by atoms with Crippen LogP contribution < -0.4 is 10.2 Å². The summed E-state index contributed by atoms with van der Waals surface area (Å²) in [6.07, 6.45) is 7.89. The fraction of sp³-hybridized carbons (Fsp3) is 0.625. The highest BCUT2D eigenvalue weighted by Gasteiger charge is 2.37. The molecule has 1 saturated carbocycles. The molecule has 1 amide bonds. The van der Waals surface area contributed by atoms with Crippen LogP contribution >= 0.6 is 11.3 Å². The maximum atomic E-state index is 12.3. The molecule has 1 aliphatic carbocycles. The second-order valence-electron chi connectivity index (χ2n) is 6.20. The summed E-state index contributed by atoms with van der Waals surface area (Å²) in [7, 11) is 0. The van der Waals surface area contributed by atoms with E-state index in [1.807, 2.05) is 5.38 Å². The van der Waals surface area contributed by atoms with E-state index in [0.717, 1.165) is 12.5 Å². The van der Waals surface area contributed by atoms with Crippen molar-refractivity contribution in [2.75, 3.05) is 18.4 Å². The summed E-state index contributed by atoms with van der Waals surface area (Å²) in [6, 6.07) is 4.55. The number of nitriles is 1. The number of anilines is 1. The highest BCUT2D eigenvalue weighted by Crippen LogP contribution is 2.28. The number of hydrogen-bond donors (Lipinski definition) is 2. The summed E-state index contributed by atoms with van der Waals surface area (Å²) in [6.45, 7) is 1.66. The fourth-order valence-corrected chi connectivity index (χ4v) is 4.71. The van der Waals surface area contributed by atoms with Gasteiger partial charge in [-0.05, 0) is 43.6 Å². The van der Waals surface area contributed by atoms with Crippen molar-refractivity contribution >= 4 is 22.2 Å². The van der Waals surface area contributed by atoms with Crippen LogP contribution in [0.3, 0.4) is 0 Å². The van der Waals surface area contributed by atoms with Crippen molar-refractivity contribution in [3.05, 3.63) is 17.0 Å². The van der Waals surface area contributed by atoms with Gasteiger partial charge in [-0.2, -0.15) is 5.26 Å². The SMILES string of the molecule is N#Cc1ccsc1NC(=O)C[NH+]1CCC[C@@H]2CCCC[C@@H]21. The second kappa shape index (κ2) is 6.59. The number of quaternary nitrogens is 1. The molecule has 1 aliphatic heterocycles. The van der Waals surface area contributed by atoms with Gasteiger partial charge in [0, 0.05) is 5.92 Å². The minimum Gasteiger partial charge on any atom is -0.324 e. The highest BCUT2D eigenvalue weighted by molar-refractivity contribution is 7.14. The van der Waals surface area contributed by atoms with Crippen molar-refractivity contribution < 1.29 is 9.69 Å². The molecule has 112 valence electrons. The summed E-state index contributed by atoms with van der Waals surface area (Å²) in [5, 5.41) is 14.5. The number of thiophene rings is 1. The number of nitrogens with one attached hydrogen (secondary N) is 2. The average molecular weight is 304 g/mol. The van der Waals surface area contributed by atoms with Crippen LogP contribution in [0.25, 0.3) is 0 Å². The second-order valence-corrected chi connectivity index (χ2v) is 7.12. The molecule has 2 fully saturated rings. The number of carbonyl (C=O) groups is 1. The van der Waals surface area contributed by atoms with Crippen LogP contribution in [0.1, 0.15) is 44.1 Å². The summed E-state index contributed by atoms with van der Waals surface area (Å²) in [5.41, 5.74) is 0.567. The Hall–Kier alpha value is -1.38. The maximum Gasteiger partial charge on any atom is 0.280 e. The standard InChI is InChI=1S/C16H21N3OS/c17-10-13-7-9-21-16(13)18-15(20)11-19-8-3-5-12-4-1-2-6-14(12)19/h7,9,12,14H,1-6,8,11H2,(H,18,20)/p+1/t12-,14-/m0/s1. The molecule has 1 aromatic heterocycles. The first kappa shape index (κ1) is 14.6. The third-order valence-corrected chi connectivity index (χ3v) is 5.76. The lowest BCUT2D eigenvalue weighted by Crippen LogP contribution is -3.18. The van der Waals surface area contributed by atoms with Gasteiger partial charge in [0.15, 0.2) is 6.54 Å². The Kier molecular flexibility index (Phi) is 4.57. The number of fused-ring (bicyclic) bond motifs is 1. The van der Waals surface area contributed by atoms with Crippen LogP contribution in [0, 0.1) is 17.2 Å². The Bertz CT molecular complexity index is 546. The molecular weight excluding hydrogens is 282 g/mol. The zero-order valence-corrected chi connectivity index (χ0v) is 13.0. The lowest BCUT2D eigenvalue weighted by molar-refractivity contribution is -0.928. The van der Waals surface area contributed by atoms with E-state index in [-0.39, 0.29) is 5.91 Å². The van der Waals surface area contributed by atoms with Gasteiger partial charge in [-0.1, -0.05) is 6.42 Å².